The molecule has 0 aliphatic carbocycles. The molecule has 0 fully saturated rings. The molecular formula is C26H25N6O3+. The summed E-state index contributed by atoms with van der Waals surface area (Å²) in [4.78, 5) is 22.6. The van der Waals surface area contributed by atoms with Crippen molar-refractivity contribution in [3.8, 4) is 22.9 Å². The average Bonchev–Trinajstić information content (AvgIpc) is 3.32. The summed E-state index contributed by atoms with van der Waals surface area (Å²) in [6, 6.07) is 20.1. The number of nitrogens with one attached hydrogen (secondary N) is 3. The number of allylic oxidation sites excluding steroid dienone is 1. The van der Waals surface area contributed by atoms with Crippen LogP contribution in [0.2, 0.25) is 0 Å². The first-order valence-corrected chi connectivity index (χ1v) is 11.1. The number of anilines is 2. The number of fused-ring (bicyclic) bond motifs is 1. The maximum absolute atomic E-state index is 13.6. The number of rotatable bonds is 6. The molecule has 9 heteroatoms. The highest BCUT2D eigenvalue weighted by Gasteiger charge is 2.41. The van der Waals surface area contributed by atoms with Gasteiger partial charge in [-0.1, -0.05) is 24.3 Å². The molecule has 9 nitrogen and oxygen atoms in total. The Balaban J connectivity index is 1.67. The van der Waals surface area contributed by atoms with Gasteiger partial charge in [0.15, 0.2) is 6.04 Å². The van der Waals surface area contributed by atoms with Gasteiger partial charge in [-0.25, -0.2) is 15.4 Å². The van der Waals surface area contributed by atoms with Crippen LogP contribution in [0.1, 0.15) is 18.5 Å². The van der Waals surface area contributed by atoms with E-state index in [9.17, 15) is 4.79 Å². The van der Waals surface area contributed by atoms with Gasteiger partial charge in [-0.2, -0.15) is 0 Å². The topological polar surface area (TPSA) is 105 Å². The molecule has 3 N–H and O–H groups in total. The average molecular weight is 470 g/mol. The molecule has 0 bridgehead atoms. The number of H-pyrrole nitrogens is 1. The van der Waals surface area contributed by atoms with E-state index < -0.39 is 6.04 Å². The van der Waals surface area contributed by atoms with Gasteiger partial charge in [0.2, 0.25) is 5.82 Å². The zero-order chi connectivity index (χ0) is 24.4. The lowest BCUT2D eigenvalue weighted by Crippen LogP contribution is -2.50. The van der Waals surface area contributed by atoms with Gasteiger partial charge >= 0.3 is 5.95 Å². The highest BCUT2D eigenvalue weighted by Crippen LogP contribution is 2.37. The summed E-state index contributed by atoms with van der Waals surface area (Å²) in [5, 5.41) is 9.56. The number of amides is 1. The molecule has 4 aromatic rings. The normalized spacial score (nSPS) is 14.7. The maximum atomic E-state index is 13.6. The number of ether oxygens (including phenoxy) is 2. The van der Waals surface area contributed by atoms with Crippen molar-refractivity contribution in [2.75, 3.05) is 24.9 Å². The highest BCUT2D eigenvalue weighted by atomic mass is 16.5. The molecule has 0 saturated heterocycles. The van der Waals surface area contributed by atoms with Gasteiger partial charge in [0.05, 0.1) is 25.5 Å². The van der Waals surface area contributed by atoms with Gasteiger partial charge in [-0.15, -0.1) is 4.68 Å². The van der Waals surface area contributed by atoms with Crippen molar-refractivity contribution in [1.82, 2.24) is 15.1 Å². The number of benzene rings is 2. The molecule has 0 radical (unpaired) electrons. The third-order valence-corrected chi connectivity index (χ3v) is 5.84. The molecule has 3 heterocycles. The fraction of sp³-hybridized carbons (Fsp3) is 0.154. The SMILES string of the molecule is COc1ccc(OC)c(C2C(C(=O)Nc3ccccn3)=C(C)Nc3nc(-c4ccccc4)[nH][n+]32)c1. The van der Waals surface area contributed by atoms with Crippen LogP contribution >= 0.6 is 0 Å². The first kappa shape index (κ1) is 22.1. The standard InChI is InChI=1S/C26H24N6O3/c1-16-22(25(33)29-21-11-7-8-14-27-21)23(19-15-18(34-2)12-13-20(19)35-3)32-26(28-16)30-24(31-32)17-9-5-4-6-10-17/h4-15,23H,1-3H3,(H2,27,28,29,30,31,33)/p+1. The predicted molar refractivity (Wildman–Crippen MR) is 131 cm³/mol. The Hall–Kier alpha value is -4.66. The second-order valence-electron chi connectivity index (χ2n) is 7.98. The Bertz CT molecular complexity index is 1400. The van der Waals surface area contributed by atoms with Crippen LogP contribution in [0.5, 0.6) is 11.5 Å². The number of nitrogens with zero attached hydrogens (tertiary/aromatic N) is 3. The summed E-state index contributed by atoms with van der Waals surface area (Å²) in [5.41, 5.74) is 2.82. The van der Waals surface area contributed by atoms with Crippen LogP contribution in [0.3, 0.4) is 0 Å². The van der Waals surface area contributed by atoms with Crippen molar-refractivity contribution in [1.29, 1.82) is 0 Å². The number of pyridine rings is 1. The van der Waals surface area contributed by atoms with E-state index in [0.29, 0.717) is 40.4 Å². The van der Waals surface area contributed by atoms with E-state index in [2.05, 4.69) is 20.7 Å². The molecule has 176 valence electrons. The van der Waals surface area contributed by atoms with Crippen molar-refractivity contribution in [2.45, 2.75) is 13.0 Å². The van der Waals surface area contributed by atoms with E-state index in [1.54, 1.807) is 32.5 Å². The summed E-state index contributed by atoms with van der Waals surface area (Å²) in [6.45, 7) is 1.85. The zero-order valence-electron chi connectivity index (χ0n) is 19.6. The van der Waals surface area contributed by atoms with Crippen molar-refractivity contribution in [2.24, 2.45) is 0 Å². The highest BCUT2D eigenvalue weighted by molar-refractivity contribution is 6.05. The van der Waals surface area contributed by atoms with E-state index in [4.69, 9.17) is 14.5 Å². The summed E-state index contributed by atoms with van der Waals surface area (Å²) in [5.74, 6) is 2.66. The second kappa shape index (κ2) is 9.30. The fourth-order valence-electron chi connectivity index (χ4n) is 4.18. The van der Waals surface area contributed by atoms with E-state index in [1.165, 1.54) is 0 Å². The maximum Gasteiger partial charge on any atom is 0.417 e. The minimum absolute atomic E-state index is 0.294. The predicted octanol–water partition coefficient (Wildman–Crippen LogP) is 3.70. The largest absolute Gasteiger partial charge is 0.497 e. The molecule has 1 unspecified atom stereocenters. The zero-order valence-corrected chi connectivity index (χ0v) is 19.6. The van der Waals surface area contributed by atoms with E-state index >= 15 is 0 Å². The number of hydrogen-bond donors (Lipinski definition) is 3. The lowest BCUT2D eigenvalue weighted by molar-refractivity contribution is -0.746. The van der Waals surface area contributed by atoms with Crippen molar-refractivity contribution >= 4 is 17.7 Å². The van der Waals surface area contributed by atoms with Gasteiger partial charge in [0.1, 0.15) is 17.3 Å². The fourth-order valence-corrected chi connectivity index (χ4v) is 4.18. The van der Waals surface area contributed by atoms with Crippen LogP contribution in [-0.4, -0.2) is 35.2 Å². The molecule has 35 heavy (non-hydrogen) atoms. The first-order valence-electron chi connectivity index (χ1n) is 11.1. The lowest BCUT2D eigenvalue weighted by Gasteiger charge is -2.25. The van der Waals surface area contributed by atoms with Gasteiger partial charge in [0.25, 0.3) is 5.91 Å². The smallest absolute Gasteiger partial charge is 0.417 e. The van der Waals surface area contributed by atoms with Crippen LogP contribution in [-0.2, 0) is 4.79 Å². The number of methoxy groups -OCH3 is 2. The van der Waals surface area contributed by atoms with E-state index in [0.717, 1.165) is 11.1 Å². The van der Waals surface area contributed by atoms with Gasteiger partial charge in [-0.3, -0.25) is 4.79 Å². The quantitative estimate of drug-likeness (QED) is 0.372. The number of aromatic amines is 1. The Morgan fingerprint density at radius 3 is 2.54 bits per heavy atom. The molecule has 0 spiro atoms. The Kier molecular flexibility index (Phi) is 5.88. The molecule has 2 aromatic carbocycles. The van der Waals surface area contributed by atoms with Crippen LogP contribution in [0.15, 0.2) is 84.2 Å². The summed E-state index contributed by atoms with van der Waals surface area (Å²) in [7, 11) is 3.20. The summed E-state index contributed by atoms with van der Waals surface area (Å²) in [6.07, 6.45) is 1.63. The monoisotopic (exact) mass is 469 g/mol. The Morgan fingerprint density at radius 1 is 1.03 bits per heavy atom. The lowest BCUT2D eigenvalue weighted by atomic mass is 9.94. The number of hydrogen-bond acceptors (Lipinski definition) is 6. The van der Waals surface area contributed by atoms with E-state index in [1.807, 2.05) is 66.2 Å². The van der Waals surface area contributed by atoms with Gasteiger partial charge < -0.3 is 14.8 Å². The minimum Gasteiger partial charge on any atom is -0.497 e. The van der Waals surface area contributed by atoms with Crippen molar-refractivity contribution < 1.29 is 19.0 Å². The van der Waals surface area contributed by atoms with Crippen molar-refractivity contribution in [3.63, 3.8) is 0 Å². The molecular weight excluding hydrogens is 444 g/mol. The van der Waals surface area contributed by atoms with Crippen LogP contribution in [0.4, 0.5) is 11.8 Å². The first-order chi connectivity index (χ1) is 17.1. The van der Waals surface area contributed by atoms with E-state index in [-0.39, 0.29) is 5.91 Å². The third kappa shape index (κ3) is 4.19. The second-order valence-corrected chi connectivity index (χ2v) is 7.98. The molecule has 5 rings (SSSR count). The Morgan fingerprint density at radius 2 is 1.83 bits per heavy atom. The molecule has 1 aliphatic rings. The molecule has 0 saturated carbocycles. The van der Waals surface area contributed by atoms with Crippen LogP contribution < -0.4 is 24.8 Å². The number of aromatic nitrogens is 4. The van der Waals surface area contributed by atoms with Gasteiger partial charge in [0, 0.05) is 17.3 Å². The number of carbonyl (C=O) groups is 1. The Labute approximate surface area is 202 Å². The molecule has 2 aromatic heterocycles. The number of carbonyl (C=O) groups excluding carboxylic acids is 1. The third-order valence-electron chi connectivity index (χ3n) is 5.84. The summed E-state index contributed by atoms with van der Waals surface area (Å²) >= 11 is 0. The van der Waals surface area contributed by atoms with Crippen LogP contribution in [0.25, 0.3) is 11.4 Å². The molecule has 1 atom stereocenters. The molecule has 1 amide bonds. The summed E-state index contributed by atoms with van der Waals surface area (Å²) < 4.78 is 13.0. The van der Waals surface area contributed by atoms with Crippen LogP contribution in [0, 0.1) is 0 Å². The van der Waals surface area contributed by atoms with Gasteiger partial charge in [-0.05, 0) is 54.4 Å². The van der Waals surface area contributed by atoms with Crippen molar-refractivity contribution in [3.05, 3.63) is 89.8 Å². The minimum atomic E-state index is -0.579. The molecule has 1 aliphatic heterocycles.